The number of carbonyl (C=O) groups excluding carboxylic acids is 1. The van der Waals surface area contributed by atoms with Gasteiger partial charge in [0, 0.05) is 0 Å². The highest BCUT2D eigenvalue weighted by Crippen LogP contribution is 2.05. The highest BCUT2D eigenvalue weighted by Gasteiger charge is 2.16. The molecule has 0 rings (SSSR count). The summed E-state index contributed by atoms with van der Waals surface area (Å²) in [5, 5.41) is 10.7. The summed E-state index contributed by atoms with van der Waals surface area (Å²) in [5.41, 5.74) is 4.74. The van der Waals surface area contributed by atoms with Gasteiger partial charge in [0.15, 0.2) is 5.96 Å². The molecule has 0 saturated heterocycles. The molecule has 0 bridgehead atoms. The molecule has 0 spiro atoms. The number of nitrogens with two attached hydrogens (primary N) is 1. The first-order valence-electron chi connectivity index (χ1n) is 4.26. The predicted octanol–water partition coefficient (Wildman–Crippen LogP) is -0.182. The van der Waals surface area contributed by atoms with Gasteiger partial charge < -0.3 is 15.6 Å². The first-order valence-corrected chi connectivity index (χ1v) is 4.26. The molecule has 0 unspecified atom stereocenters. The molecule has 0 fully saturated rings. The Kier molecular flexibility index (Phi) is 4.93. The van der Waals surface area contributed by atoms with Crippen molar-refractivity contribution in [3.63, 3.8) is 0 Å². The lowest BCUT2D eigenvalue weighted by atomic mass is 10.2. The lowest BCUT2D eigenvalue weighted by Crippen LogP contribution is -2.40. The van der Waals surface area contributed by atoms with Crippen molar-refractivity contribution in [3.8, 4) is 0 Å². The van der Waals surface area contributed by atoms with Crippen LogP contribution in [0.25, 0.3) is 0 Å². The van der Waals surface area contributed by atoms with Crippen LogP contribution < -0.4 is 11.1 Å². The van der Waals surface area contributed by atoms with Crippen molar-refractivity contribution in [2.75, 3.05) is 13.2 Å². The summed E-state index contributed by atoms with van der Waals surface area (Å²) in [6.45, 7) is 5.27. The summed E-state index contributed by atoms with van der Waals surface area (Å²) in [4.78, 5) is 14.7. The first-order chi connectivity index (χ1) is 6.35. The van der Waals surface area contributed by atoms with Gasteiger partial charge in [-0.15, -0.1) is 0 Å². The van der Waals surface area contributed by atoms with Gasteiger partial charge in [0.2, 0.25) is 0 Å². The molecule has 0 aliphatic carbocycles. The summed E-state index contributed by atoms with van der Waals surface area (Å²) >= 11 is 0. The normalized spacial score (nSPS) is 12.4. The molecular formula is C8H17N3O3. The van der Waals surface area contributed by atoms with E-state index in [1.807, 2.05) is 0 Å². The number of alkyl carbamates (subject to hydrolysis) is 1. The second-order valence-electron chi connectivity index (χ2n) is 3.62. The van der Waals surface area contributed by atoms with Crippen molar-refractivity contribution in [2.24, 2.45) is 10.7 Å². The molecular weight excluding hydrogens is 186 g/mol. The number of hydrogen-bond donors (Lipinski definition) is 3. The monoisotopic (exact) mass is 203 g/mol. The van der Waals surface area contributed by atoms with Crippen LogP contribution in [0, 0.1) is 0 Å². The van der Waals surface area contributed by atoms with Gasteiger partial charge in [-0.05, 0) is 20.8 Å². The molecule has 1 amide bonds. The number of carbonyl (C=O) groups is 1. The smallest absolute Gasteiger partial charge is 0.414 e. The van der Waals surface area contributed by atoms with Crippen LogP contribution in [0.4, 0.5) is 4.79 Å². The SMILES string of the molecule is CC(C)(C)OC(=O)NC(N)=NCCO. The van der Waals surface area contributed by atoms with E-state index in [2.05, 4.69) is 10.3 Å². The van der Waals surface area contributed by atoms with Crippen LogP contribution in [0.15, 0.2) is 4.99 Å². The number of guanidine groups is 1. The van der Waals surface area contributed by atoms with E-state index in [9.17, 15) is 4.79 Å². The fourth-order valence-corrected chi connectivity index (χ4v) is 0.618. The minimum atomic E-state index is -0.656. The van der Waals surface area contributed by atoms with Gasteiger partial charge in [-0.3, -0.25) is 10.3 Å². The molecule has 0 aliphatic heterocycles. The van der Waals surface area contributed by atoms with Crippen LogP contribution in [-0.4, -0.2) is 35.9 Å². The molecule has 0 aromatic rings. The van der Waals surface area contributed by atoms with Crippen molar-refractivity contribution in [1.29, 1.82) is 0 Å². The van der Waals surface area contributed by atoms with Gasteiger partial charge in [-0.2, -0.15) is 0 Å². The first kappa shape index (κ1) is 12.7. The van der Waals surface area contributed by atoms with Crippen molar-refractivity contribution >= 4 is 12.1 Å². The van der Waals surface area contributed by atoms with Gasteiger partial charge >= 0.3 is 6.09 Å². The van der Waals surface area contributed by atoms with Crippen molar-refractivity contribution < 1.29 is 14.6 Å². The Bertz CT molecular complexity index is 220. The van der Waals surface area contributed by atoms with Crippen LogP contribution in [0.3, 0.4) is 0 Å². The number of amides is 1. The Morgan fingerprint density at radius 2 is 2.14 bits per heavy atom. The predicted molar refractivity (Wildman–Crippen MR) is 52.9 cm³/mol. The fraction of sp³-hybridized carbons (Fsp3) is 0.750. The van der Waals surface area contributed by atoms with E-state index < -0.39 is 11.7 Å². The summed E-state index contributed by atoms with van der Waals surface area (Å²) in [7, 11) is 0. The zero-order valence-corrected chi connectivity index (χ0v) is 8.70. The third-order valence-corrected chi connectivity index (χ3v) is 1.01. The molecule has 0 atom stereocenters. The minimum absolute atomic E-state index is 0.0618. The average Bonchev–Trinajstić information content (AvgIpc) is 1.96. The highest BCUT2D eigenvalue weighted by molar-refractivity contribution is 5.92. The van der Waals surface area contributed by atoms with E-state index in [1.54, 1.807) is 20.8 Å². The number of nitrogens with zero attached hydrogens (tertiary/aromatic N) is 1. The number of aliphatic hydroxyl groups is 1. The molecule has 6 nitrogen and oxygen atoms in total. The van der Waals surface area contributed by atoms with Crippen LogP contribution in [0.2, 0.25) is 0 Å². The summed E-state index contributed by atoms with van der Waals surface area (Å²) in [6, 6.07) is 0. The number of ether oxygens (including phenoxy) is 1. The molecule has 14 heavy (non-hydrogen) atoms. The maximum atomic E-state index is 11.1. The lowest BCUT2D eigenvalue weighted by molar-refractivity contribution is 0.0562. The molecule has 0 aromatic carbocycles. The average molecular weight is 203 g/mol. The Balaban J connectivity index is 3.95. The van der Waals surface area contributed by atoms with Gasteiger partial charge in [-0.1, -0.05) is 0 Å². The zero-order valence-electron chi connectivity index (χ0n) is 8.70. The van der Waals surface area contributed by atoms with Gasteiger partial charge in [0.1, 0.15) is 5.60 Å². The van der Waals surface area contributed by atoms with Crippen LogP contribution >= 0.6 is 0 Å². The maximum absolute atomic E-state index is 11.1. The quantitative estimate of drug-likeness (QED) is 0.428. The minimum Gasteiger partial charge on any atom is -0.444 e. The largest absolute Gasteiger partial charge is 0.444 e. The Hall–Kier alpha value is -1.30. The standard InChI is InChI=1S/C8H17N3O3/c1-8(2,3)14-7(13)11-6(9)10-4-5-12/h12H,4-5H2,1-3H3,(H3,9,10,11,13). The topological polar surface area (TPSA) is 96.9 Å². The van der Waals surface area contributed by atoms with Crippen LogP contribution in [0.5, 0.6) is 0 Å². The molecule has 0 saturated carbocycles. The molecule has 0 aliphatic rings. The van der Waals surface area contributed by atoms with Crippen molar-refractivity contribution in [3.05, 3.63) is 0 Å². The van der Waals surface area contributed by atoms with Crippen LogP contribution in [0.1, 0.15) is 20.8 Å². The Morgan fingerprint density at radius 3 is 2.57 bits per heavy atom. The number of hydrogen-bond acceptors (Lipinski definition) is 4. The third-order valence-electron chi connectivity index (χ3n) is 1.01. The maximum Gasteiger partial charge on any atom is 0.414 e. The van der Waals surface area contributed by atoms with Crippen LogP contribution in [-0.2, 0) is 4.74 Å². The number of aliphatic hydroxyl groups excluding tert-OH is 1. The van der Waals surface area contributed by atoms with E-state index in [0.29, 0.717) is 0 Å². The molecule has 0 aromatic heterocycles. The Labute approximate surface area is 83.1 Å². The van der Waals surface area contributed by atoms with Gasteiger partial charge in [0.25, 0.3) is 0 Å². The number of aliphatic imine (C=N–C) groups is 1. The second kappa shape index (κ2) is 5.43. The van der Waals surface area contributed by atoms with E-state index in [4.69, 9.17) is 15.6 Å². The van der Waals surface area contributed by atoms with Gasteiger partial charge in [0.05, 0.1) is 13.2 Å². The van der Waals surface area contributed by atoms with Crippen molar-refractivity contribution in [2.45, 2.75) is 26.4 Å². The summed E-state index contributed by atoms with van der Waals surface area (Å²) < 4.78 is 4.91. The van der Waals surface area contributed by atoms with E-state index in [-0.39, 0.29) is 19.1 Å². The highest BCUT2D eigenvalue weighted by atomic mass is 16.6. The summed E-state index contributed by atoms with van der Waals surface area (Å²) in [5.74, 6) is -0.0618. The van der Waals surface area contributed by atoms with E-state index in [1.165, 1.54) is 0 Å². The molecule has 4 N–H and O–H groups in total. The van der Waals surface area contributed by atoms with E-state index in [0.717, 1.165) is 0 Å². The number of nitrogens with one attached hydrogen (secondary N) is 1. The molecule has 0 heterocycles. The molecule has 6 heteroatoms. The lowest BCUT2D eigenvalue weighted by Gasteiger charge is -2.19. The fourth-order valence-electron chi connectivity index (χ4n) is 0.618. The van der Waals surface area contributed by atoms with Crippen molar-refractivity contribution in [1.82, 2.24) is 5.32 Å². The molecule has 82 valence electrons. The molecule has 0 radical (unpaired) electrons. The zero-order chi connectivity index (χ0) is 11.2. The Morgan fingerprint density at radius 1 is 1.57 bits per heavy atom. The van der Waals surface area contributed by atoms with E-state index >= 15 is 0 Å². The number of rotatable bonds is 2. The van der Waals surface area contributed by atoms with Gasteiger partial charge in [-0.25, -0.2) is 4.79 Å². The summed E-state index contributed by atoms with van der Waals surface area (Å²) in [6.07, 6.45) is -0.656. The second-order valence-corrected chi connectivity index (χ2v) is 3.62. The third kappa shape index (κ3) is 7.35.